The third kappa shape index (κ3) is 14.4. The fourth-order valence-corrected chi connectivity index (χ4v) is 9.32. The van der Waals surface area contributed by atoms with Crippen LogP contribution in [0.25, 0.3) is 0 Å². The highest BCUT2D eigenvalue weighted by Gasteiger charge is 2.47. The molecule has 0 saturated carbocycles. The zero-order valence-electron chi connectivity index (χ0n) is 36.7. The SMILES string of the molecule is C[S+](CC(=O)c1ccccc1)c1ccc(Br)cc1.FC(F)(F)c1cc([B-](c2cc(C(F)(F)F)cc(C(F)(F)F)c2)(c2cc(C(F)(F)F)cc(C(F)(F)F)c2)c2cc(C(F)(F)F)cc(C(F)(F)F)c2)cc(C(F)(F)F)c1. The molecular formula is C47H26BBrF24OS. The quantitative estimate of drug-likeness (QED) is 0.0642. The van der Waals surface area contributed by atoms with Crippen LogP contribution in [-0.2, 0) is 60.3 Å². The number of alkyl halides is 24. The topological polar surface area (TPSA) is 17.1 Å². The van der Waals surface area contributed by atoms with Gasteiger partial charge in [-0.1, -0.05) is 94.8 Å². The van der Waals surface area contributed by atoms with Crippen molar-refractivity contribution >= 4 is 60.6 Å². The number of ketones is 1. The maximum Gasteiger partial charge on any atom is 0.416 e. The van der Waals surface area contributed by atoms with Crippen molar-refractivity contribution in [3.8, 4) is 0 Å². The summed E-state index contributed by atoms with van der Waals surface area (Å²) < 4.78 is 342. The highest BCUT2D eigenvalue weighted by molar-refractivity contribution is 9.10. The number of hydrogen-bond acceptors (Lipinski definition) is 1. The molecule has 28 heteroatoms. The maximum absolute atomic E-state index is 14.2. The van der Waals surface area contributed by atoms with Gasteiger partial charge in [0.1, 0.15) is 12.4 Å². The van der Waals surface area contributed by atoms with E-state index in [4.69, 9.17) is 0 Å². The molecule has 0 spiro atoms. The maximum atomic E-state index is 14.2. The lowest BCUT2D eigenvalue weighted by molar-refractivity contribution is -0.144. The van der Waals surface area contributed by atoms with Crippen LogP contribution in [0, 0.1) is 0 Å². The first-order valence-corrected chi connectivity index (χ1v) is 22.8. The largest absolute Gasteiger partial charge is 0.416 e. The van der Waals surface area contributed by atoms with Crippen LogP contribution in [0.1, 0.15) is 54.9 Å². The minimum atomic E-state index is -6.13. The third-order valence-electron chi connectivity index (χ3n) is 11.1. The predicted molar refractivity (Wildman–Crippen MR) is 231 cm³/mol. The van der Waals surface area contributed by atoms with E-state index in [0.29, 0.717) is 5.75 Å². The second kappa shape index (κ2) is 21.0. The minimum absolute atomic E-state index is 0.0426. The van der Waals surface area contributed by atoms with Crippen LogP contribution in [0.3, 0.4) is 0 Å². The Morgan fingerprint density at radius 1 is 0.373 bits per heavy atom. The number of carbonyl (C=O) groups is 1. The molecule has 0 aromatic heterocycles. The van der Waals surface area contributed by atoms with E-state index in [0.717, 1.165) is 10.0 Å². The normalized spacial score (nSPS) is 13.8. The van der Waals surface area contributed by atoms with Gasteiger partial charge in [-0.15, -0.1) is 0 Å². The number of halogens is 25. The van der Waals surface area contributed by atoms with Crippen molar-refractivity contribution in [2.75, 3.05) is 12.0 Å². The highest BCUT2D eigenvalue weighted by atomic mass is 79.9. The summed E-state index contributed by atoms with van der Waals surface area (Å²) in [6.45, 7) is 0. The molecule has 404 valence electrons. The van der Waals surface area contributed by atoms with Gasteiger partial charge < -0.3 is 0 Å². The van der Waals surface area contributed by atoms with E-state index in [9.17, 15) is 110 Å². The van der Waals surface area contributed by atoms with Crippen molar-refractivity contribution in [3.63, 3.8) is 0 Å². The van der Waals surface area contributed by atoms with E-state index in [-0.39, 0.29) is 16.7 Å². The van der Waals surface area contributed by atoms with Gasteiger partial charge in [0.05, 0.1) is 44.5 Å². The van der Waals surface area contributed by atoms with E-state index in [1.54, 1.807) is 0 Å². The Labute approximate surface area is 417 Å². The van der Waals surface area contributed by atoms with Crippen molar-refractivity contribution in [1.29, 1.82) is 0 Å². The fraction of sp³-hybridized carbons (Fsp3) is 0.213. The second-order valence-corrected chi connectivity index (χ2v) is 19.2. The number of Topliss-reactive ketones (excluding diaryl/α,β-unsaturated/α-hetero) is 1. The number of hydrogen-bond donors (Lipinski definition) is 0. The summed E-state index contributed by atoms with van der Waals surface area (Å²) in [6, 6.07) is 8.87. The Kier molecular flexibility index (Phi) is 16.8. The average Bonchev–Trinajstić information content (AvgIpc) is 3.27. The smallest absolute Gasteiger partial charge is 0.289 e. The standard InChI is InChI=1S/C32H12BF24.C15H14BrOS/c34-25(35,36)13-1-14(26(37,38)39)6-21(5-13)33(22-7-15(27(40,41)42)2-16(8-22)28(43,44)45,23-9-17(29(46,47)48)3-18(10-23)30(49,50)51)24-11-19(31(52,53)54)4-20(12-24)32(55,56)57;1-18(14-9-7-13(16)8-10-14)11-15(17)12-5-3-2-4-6-12/h1-12H;2-10H,11H2,1H3/q-1;+1. The first-order valence-electron chi connectivity index (χ1n) is 20.2. The van der Waals surface area contributed by atoms with Gasteiger partial charge in [0.25, 0.3) is 0 Å². The first kappa shape index (κ1) is 60.1. The second-order valence-electron chi connectivity index (χ2n) is 16.2. The van der Waals surface area contributed by atoms with Gasteiger partial charge >= 0.3 is 49.4 Å². The number of carbonyl (C=O) groups excluding carboxylic acids is 1. The molecule has 0 bridgehead atoms. The first-order chi connectivity index (χ1) is 33.9. The molecule has 0 fully saturated rings. The molecule has 0 N–H and O–H groups in total. The average molecular weight is 1190 g/mol. The molecule has 6 aromatic carbocycles. The van der Waals surface area contributed by atoms with Crippen LogP contribution in [0.2, 0.25) is 0 Å². The zero-order valence-corrected chi connectivity index (χ0v) is 39.1. The van der Waals surface area contributed by atoms with Gasteiger partial charge in [-0.2, -0.15) is 127 Å². The molecule has 75 heavy (non-hydrogen) atoms. The Balaban J connectivity index is 0.000000483. The monoisotopic (exact) mass is 1180 g/mol. The van der Waals surface area contributed by atoms with Gasteiger partial charge in [0.15, 0.2) is 10.6 Å². The Hall–Kier alpha value is -5.80. The third-order valence-corrected chi connectivity index (χ3v) is 13.4. The summed E-state index contributed by atoms with van der Waals surface area (Å²) in [5, 5.41) is 0. The molecule has 0 saturated heterocycles. The molecule has 0 radical (unpaired) electrons. The Morgan fingerprint density at radius 3 is 0.813 bits per heavy atom. The Bertz CT molecular complexity index is 2570. The number of rotatable bonds is 8. The predicted octanol–water partition coefficient (Wildman–Crippen LogP) is 15.2. The van der Waals surface area contributed by atoms with Gasteiger partial charge in [0.2, 0.25) is 5.78 Å². The molecule has 6 aromatic rings. The highest BCUT2D eigenvalue weighted by Crippen LogP contribution is 2.41. The molecule has 0 aliphatic rings. The van der Waals surface area contributed by atoms with Crippen LogP contribution < -0.4 is 21.9 Å². The van der Waals surface area contributed by atoms with Crippen molar-refractivity contribution < 1.29 is 110 Å². The summed E-state index contributed by atoms with van der Waals surface area (Å²) in [5.74, 6) is 0.787. The minimum Gasteiger partial charge on any atom is -0.289 e. The fourth-order valence-electron chi connectivity index (χ4n) is 7.72. The summed E-state index contributed by atoms with van der Waals surface area (Å²) in [6.07, 6.45) is -52.7. The van der Waals surface area contributed by atoms with Gasteiger partial charge in [0, 0.05) is 20.9 Å². The van der Waals surface area contributed by atoms with Crippen LogP contribution in [0.15, 0.2) is 137 Å². The van der Waals surface area contributed by atoms with Crippen LogP contribution in [0.5, 0.6) is 0 Å². The lowest BCUT2D eigenvalue weighted by Gasteiger charge is -2.46. The summed E-state index contributed by atoms with van der Waals surface area (Å²) in [5.41, 5.74) is -29.4. The van der Waals surface area contributed by atoms with Crippen molar-refractivity contribution in [2.24, 2.45) is 0 Å². The van der Waals surface area contributed by atoms with Crippen LogP contribution >= 0.6 is 15.9 Å². The lowest BCUT2D eigenvalue weighted by atomic mass is 9.12. The van der Waals surface area contributed by atoms with E-state index >= 15 is 0 Å². The Morgan fingerprint density at radius 2 is 0.600 bits per heavy atom. The molecule has 0 amide bonds. The molecule has 0 heterocycles. The van der Waals surface area contributed by atoms with Gasteiger partial charge in [-0.25, -0.2) is 0 Å². The summed E-state index contributed by atoms with van der Waals surface area (Å²) in [4.78, 5) is 13.3. The molecule has 1 atom stereocenters. The van der Waals surface area contributed by atoms with E-state index < -0.39 is 195 Å². The summed E-state index contributed by atoms with van der Waals surface area (Å²) in [7, 11) is -0.0426. The lowest BCUT2D eigenvalue weighted by Crippen LogP contribution is -2.75. The van der Waals surface area contributed by atoms with E-state index in [2.05, 4.69) is 34.3 Å². The van der Waals surface area contributed by atoms with Crippen molar-refractivity contribution in [3.05, 3.63) is 182 Å². The van der Waals surface area contributed by atoms with Crippen molar-refractivity contribution in [1.82, 2.24) is 0 Å². The summed E-state index contributed by atoms with van der Waals surface area (Å²) >= 11 is 3.42. The van der Waals surface area contributed by atoms with Crippen LogP contribution in [0.4, 0.5) is 105 Å². The van der Waals surface area contributed by atoms with E-state index in [1.807, 2.05) is 42.5 Å². The van der Waals surface area contributed by atoms with Gasteiger partial charge in [-0.3, -0.25) is 4.79 Å². The molecule has 6 rings (SSSR count). The molecular weight excluding hydrogens is 1160 g/mol. The zero-order chi connectivity index (χ0) is 56.9. The molecule has 1 nitrogen and oxygen atoms in total. The van der Waals surface area contributed by atoms with E-state index in [1.165, 1.54) is 4.90 Å². The van der Waals surface area contributed by atoms with Gasteiger partial charge in [-0.05, 0) is 48.5 Å². The van der Waals surface area contributed by atoms with Crippen molar-refractivity contribution in [2.45, 2.75) is 54.3 Å². The number of benzene rings is 6. The van der Waals surface area contributed by atoms with Crippen LogP contribution in [-0.4, -0.2) is 23.9 Å². The molecule has 0 aliphatic heterocycles. The molecule has 1 unspecified atom stereocenters. The molecule has 0 aliphatic carbocycles.